The Morgan fingerprint density at radius 3 is 1.33 bits per heavy atom. The van der Waals surface area contributed by atoms with E-state index in [1.165, 1.54) is 47.4 Å². The molecule has 4 N–H and O–H groups in total. The number of aromatic nitrogens is 2. The molecule has 12 rings (SSSR count). The maximum absolute atomic E-state index is 13.5. The normalized spacial score (nSPS) is 20.2. The first-order valence-electron chi connectivity index (χ1n) is 33.0. The molecule has 524 valence electrons. The van der Waals surface area contributed by atoms with Gasteiger partial charge in [0.25, 0.3) is 11.8 Å². The highest BCUT2D eigenvalue weighted by Crippen LogP contribution is 2.39. The first kappa shape index (κ1) is 76.1. The number of nitrogens with zero attached hydrogens (tertiary/aromatic N) is 9. The number of halogens is 4. The van der Waals surface area contributed by atoms with Gasteiger partial charge in [-0.3, -0.25) is 44.0 Å². The third-order valence-electron chi connectivity index (χ3n) is 19.5. The van der Waals surface area contributed by atoms with Crippen molar-refractivity contribution in [1.29, 1.82) is 0 Å². The van der Waals surface area contributed by atoms with E-state index in [-0.39, 0.29) is 118 Å². The number of hydrogen-bond acceptors (Lipinski definition) is 17. The molecule has 8 fully saturated rings. The van der Waals surface area contributed by atoms with Crippen molar-refractivity contribution in [3.8, 4) is 0 Å². The van der Waals surface area contributed by atoms with Crippen molar-refractivity contribution in [2.75, 3.05) is 131 Å². The minimum Gasteiger partial charge on any atom is -0.480 e. The lowest BCUT2D eigenvalue weighted by molar-refractivity contribution is -0.142. The van der Waals surface area contributed by atoms with Crippen LogP contribution in [0.5, 0.6) is 0 Å². The molecule has 4 saturated carbocycles. The standard InChI is InChI=1S/C33H45ClN6O5S.C19H29N5O.C14H18ClNO5S.2ClH/c1-25-3-2-4-29(34)31(25)46(43,44)40(28-7-8-28)21-22-45-23-30(41)38-15-11-33(12-16-38,24-36-32(42)26-9-13-35-14-10-26)39-19-17-37(18-20-39)27-5-6-27;25-18(16-3-7-20-8-4-16)22-15-19(5-9-21-10-6-19)24-13-11-23(12-14-24)17-1-2-17;1-10-3-2-4-12(15)14(10)22(19,20)16(11-5-6-11)7-8-21-9-13(17)18;;/h2-4,9-10,13-14,27-28H,5-8,11-12,15-24H2,1H3,(H,36,42);3-4,7-8,17,21H,1-2,5-6,9-15H2,(H,22,25);2-4,11H,5-9H2,1H3,(H,17,18);2*1H. The summed E-state index contributed by atoms with van der Waals surface area (Å²) < 4.78 is 66.3. The molecule has 4 saturated heterocycles. The molecular weight excluding hydrogens is 1340 g/mol. The van der Waals surface area contributed by atoms with Crippen LogP contribution in [0.25, 0.3) is 0 Å². The molecule has 29 heteroatoms. The summed E-state index contributed by atoms with van der Waals surface area (Å²) in [6.07, 6.45) is 18.9. The lowest BCUT2D eigenvalue weighted by Gasteiger charge is -2.51. The molecule has 3 amide bonds. The van der Waals surface area contributed by atoms with E-state index >= 15 is 0 Å². The number of aryl methyl sites for hydroxylation is 2. The van der Waals surface area contributed by atoms with Crippen molar-refractivity contribution in [2.45, 2.75) is 136 Å². The van der Waals surface area contributed by atoms with Crippen LogP contribution in [0.3, 0.4) is 0 Å². The van der Waals surface area contributed by atoms with Gasteiger partial charge in [-0.05, 0) is 152 Å². The molecule has 4 aliphatic carbocycles. The zero-order valence-electron chi connectivity index (χ0n) is 54.5. The molecule has 0 bridgehead atoms. The summed E-state index contributed by atoms with van der Waals surface area (Å²) in [5, 5.41) is 18.8. The Morgan fingerprint density at radius 1 is 0.568 bits per heavy atom. The number of likely N-dealkylation sites (tertiary alicyclic amines) is 1. The molecule has 23 nitrogen and oxygen atoms in total. The van der Waals surface area contributed by atoms with Gasteiger partial charge < -0.3 is 35.4 Å². The van der Waals surface area contributed by atoms with Gasteiger partial charge >= 0.3 is 5.97 Å². The first-order valence-corrected chi connectivity index (χ1v) is 36.7. The van der Waals surface area contributed by atoms with E-state index in [0.717, 1.165) is 122 Å². The third-order valence-corrected chi connectivity index (χ3v) is 24.6. The van der Waals surface area contributed by atoms with E-state index in [2.05, 4.69) is 45.5 Å². The van der Waals surface area contributed by atoms with E-state index in [1.54, 1.807) is 99.3 Å². The highest BCUT2D eigenvalue weighted by Gasteiger charge is 2.46. The van der Waals surface area contributed by atoms with Crippen LogP contribution in [0.15, 0.2) is 95.2 Å². The average Bonchev–Trinajstić information content (AvgIpc) is 1.10. The topological polar surface area (TPSA) is 260 Å². The number of hydrogen-bond donors (Lipinski definition) is 4. The number of benzene rings is 2. The molecule has 8 aliphatic rings. The summed E-state index contributed by atoms with van der Waals surface area (Å²) >= 11 is 12.4. The minimum atomic E-state index is -3.79. The highest BCUT2D eigenvalue weighted by molar-refractivity contribution is 7.89. The number of amides is 3. The fraction of sp³-hybridized carbons (Fsp3) is 0.606. The maximum Gasteiger partial charge on any atom is 0.329 e. The molecule has 95 heavy (non-hydrogen) atoms. The number of carbonyl (C=O) groups is 4. The number of sulfonamides is 2. The van der Waals surface area contributed by atoms with Crippen molar-refractivity contribution in [3.05, 3.63) is 118 Å². The molecule has 0 atom stereocenters. The number of ether oxygens (including phenoxy) is 2. The number of nitrogens with one attached hydrogen (secondary N) is 3. The quantitative estimate of drug-likeness (QED) is 0.0507. The van der Waals surface area contributed by atoms with Gasteiger partial charge in [-0.1, -0.05) is 47.5 Å². The number of pyridine rings is 2. The summed E-state index contributed by atoms with van der Waals surface area (Å²) in [6, 6.07) is 18.5. The summed E-state index contributed by atoms with van der Waals surface area (Å²) in [5.74, 6) is -1.28. The number of piperazine rings is 2. The van der Waals surface area contributed by atoms with Crippen LogP contribution in [-0.2, 0) is 39.1 Å². The molecule has 0 spiro atoms. The summed E-state index contributed by atoms with van der Waals surface area (Å²) in [4.78, 5) is 69.6. The van der Waals surface area contributed by atoms with Gasteiger partial charge in [0.05, 0.1) is 23.3 Å². The van der Waals surface area contributed by atoms with Crippen LogP contribution >= 0.6 is 48.0 Å². The van der Waals surface area contributed by atoms with Crippen molar-refractivity contribution in [2.24, 2.45) is 0 Å². The molecule has 2 aromatic carbocycles. The van der Waals surface area contributed by atoms with Crippen LogP contribution in [0.4, 0.5) is 0 Å². The van der Waals surface area contributed by atoms with E-state index in [1.807, 2.05) is 4.90 Å². The van der Waals surface area contributed by atoms with Crippen molar-refractivity contribution in [3.63, 3.8) is 0 Å². The monoisotopic (exact) mass is 1430 g/mol. The van der Waals surface area contributed by atoms with Gasteiger partial charge in [0, 0.05) is 163 Å². The lowest BCUT2D eigenvalue weighted by atomic mass is 9.84. The van der Waals surface area contributed by atoms with Gasteiger partial charge in [0.15, 0.2) is 0 Å². The smallest absolute Gasteiger partial charge is 0.329 e. The van der Waals surface area contributed by atoms with Gasteiger partial charge in [-0.25, -0.2) is 21.6 Å². The molecule has 4 aromatic rings. The van der Waals surface area contributed by atoms with Crippen LogP contribution in [0, 0.1) is 13.8 Å². The Kier molecular flexibility index (Phi) is 27.9. The molecule has 0 unspecified atom stereocenters. The van der Waals surface area contributed by atoms with Crippen LogP contribution in [-0.4, -0.2) is 255 Å². The zero-order chi connectivity index (χ0) is 65.8. The Bertz CT molecular complexity index is 3360. The minimum absolute atomic E-state index is 0. The van der Waals surface area contributed by atoms with Crippen molar-refractivity contribution < 1.29 is 50.6 Å². The molecular formula is C66H94Cl4N12O11S2. The fourth-order valence-corrected chi connectivity index (χ4v) is 18.5. The Labute approximate surface area is 582 Å². The summed E-state index contributed by atoms with van der Waals surface area (Å²) in [7, 11) is -7.52. The molecule has 2 aromatic heterocycles. The largest absolute Gasteiger partial charge is 0.480 e. The predicted molar refractivity (Wildman–Crippen MR) is 369 cm³/mol. The van der Waals surface area contributed by atoms with E-state index in [4.69, 9.17) is 37.8 Å². The van der Waals surface area contributed by atoms with Gasteiger partial charge in [0.1, 0.15) is 23.0 Å². The van der Waals surface area contributed by atoms with Crippen LogP contribution in [0.2, 0.25) is 10.0 Å². The van der Waals surface area contributed by atoms with Crippen molar-refractivity contribution in [1.82, 2.24) is 59.0 Å². The number of carboxylic acid groups (broad SMARTS) is 1. The van der Waals surface area contributed by atoms with E-state index in [9.17, 15) is 36.0 Å². The van der Waals surface area contributed by atoms with E-state index < -0.39 is 32.6 Å². The van der Waals surface area contributed by atoms with Gasteiger partial charge in [0.2, 0.25) is 26.0 Å². The van der Waals surface area contributed by atoms with Crippen molar-refractivity contribution >= 4 is 91.8 Å². The average molecular weight is 1440 g/mol. The predicted octanol–water partition coefficient (Wildman–Crippen LogP) is 6.24. The highest BCUT2D eigenvalue weighted by atomic mass is 35.5. The number of piperidine rings is 2. The van der Waals surface area contributed by atoms with Gasteiger partial charge in [-0.15, -0.1) is 24.8 Å². The molecule has 0 radical (unpaired) electrons. The summed E-state index contributed by atoms with van der Waals surface area (Å²) in [6.45, 7) is 16.4. The number of rotatable bonds is 26. The fourth-order valence-electron chi connectivity index (χ4n) is 13.5. The second-order valence-electron chi connectivity index (χ2n) is 25.9. The Balaban J connectivity index is 0.000000199. The number of aliphatic carboxylic acids is 1. The van der Waals surface area contributed by atoms with E-state index in [0.29, 0.717) is 41.9 Å². The number of carbonyl (C=O) groups excluding carboxylic acids is 3. The second kappa shape index (κ2) is 34.9. The zero-order valence-corrected chi connectivity index (χ0v) is 59.2. The summed E-state index contributed by atoms with van der Waals surface area (Å²) in [5.41, 5.74) is 2.35. The SMILES string of the molecule is Cc1cccc(Cl)c1S(=O)(=O)N(CCOCC(=O)N1CCC(CNC(=O)c2ccncc2)(N2CCN(C3CC3)CC2)CC1)C1CC1.Cc1cccc(Cl)c1S(=O)(=O)N(CCOCC(=O)O)C1CC1.Cl.Cl.O=C(NCC1(N2CCN(C3CC3)CC2)CCNCC1)c1ccncc1. The Morgan fingerprint density at radius 2 is 0.958 bits per heavy atom. The maximum atomic E-state index is 13.5. The first-order chi connectivity index (χ1) is 44.8. The van der Waals surface area contributed by atoms with Gasteiger partial charge in [-0.2, -0.15) is 8.61 Å². The number of carboxylic acids is 1. The lowest BCUT2D eigenvalue weighted by Crippen LogP contribution is -2.65. The molecule has 6 heterocycles. The van der Waals surface area contributed by atoms with Crippen LogP contribution in [0.1, 0.15) is 109 Å². The molecule has 4 aliphatic heterocycles. The Hall–Kier alpha value is -4.68. The second-order valence-corrected chi connectivity index (χ2v) is 30.4. The van der Waals surface area contributed by atoms with Crippen LogP contribution < -0.4 is 16.0 Å². The third kappa shape index (κ3) is 20.3.